The van der Waals surface area contributed by atoms with Crippen LogP contribution < -0.4 is 11.1 Å². The largest absolute Gasteiger partial charge is 0.444 e. The van der Waals surface area contributed by atoms with E-state index in [0.29, 0.717) is 30.8 Å². The van der Waals surface area contributed by atoms with Gasteiger partial charge < -0.3 is 20.7 Å². The number of carbonyl (C=O) groups excluding carboxylic acids is 2. The maximum Gasteiger partial charge on any atom is 0.419 e. The highest BCUT2D eigenvalue weighted by atomic mass is 19.4. The minimum absolute atomic E-state index is 0.00669. The van der Waals surface area contributed by atoms with Crippen molar-refractivity contribution in [2.24, 2.45) is 5.73 Å². The zero-order chi connectivity index (χ0) is 29.1. The van der Waals surface area contributed by atoms with Gasteiger partial charge in [-0.3, -0.25) is 4.79 Å². The smallest absolute Gasteiger partial charge is 0.419 e. The Morgan fingerprint density at radius 2 is 1.77 bits per heavy atom. The zero-order valence-electron chi connectivity index (χ0n) is 22.6. The molecule has 0 saturated carbocycles. The molecule has 1 aromatic heterocycles. The van der Waals surface area contributed by atoms with Crippen LogP contribution in [0.5, 0.6) is 0 Å². The molecule has 1 aliphatic heterocycles. The number of benzene rings is 2. The number of hydrogen-bond donors (Lipinski definition) is 2. The van der Waals surface area contributed by atoms with Crippen LogP contribution in [0.3, 0.4) is 0 Å². The van der Waals surface area contributed by atoms with Gasteiger partial charge in [0.25, 0.3) is 0 Å². The maximum absolute atomic E-state index is 13.8. The number of amides is 2. The topological polar surface area (TPSA) is 110 Å². The Labute approximate surface area is 230 Å². The number of primary amides is 1. The van der Waals surface area contributed by atoms with Gasteiger partial charge in [-0.2, -0.15) is 13.2 Å². The molecule has 0 unspecified atom stereocenters. The predicted molar refractivity (Wildman–Crippen MR) is 144 cm³/mol. The lowest BCUT2D eigenvalue weighted by atomic mass is 9.98. The monoisotopic (exact) mass is 555 g/mol. The van der Waals surface area contributed by atoms with Crippen LogP contribution in [0.4, 0.5) is 29.6 Å². The number of fused-ring (bicyclic) bond motifs is 1. The lowest BCUT2D eigenvalue weighted by Gasteiger charge is -2.31. The van der Waals surface area contributed by atoms with Crippen molar-refractivity contribution in [2.75, 3.05) is 11.9 Å². The van der Waals surface area contributed by atoms with E-state index in [4.69, 9.17) is 10.5 Å². The van der Waals surface area contributed by atoms with Crippen LogP contribution in [-0.2, 0) is 47.9 Å². The second-order valence-corrected chi connectivity index (χ2v) is 10.7. The van der Waals surface area contributed by atoms with Crippen molar-refractivity contribution >= 4 is 23.6 Å². The third kappa shape index (κ3) is 7.49. The van der Waals surface area contributed by atoms with E-state index in [1.807, 2.05) is 32.9 Å². The van der Waals surface area contributed by atoms with E-state index < -0.39 is 23.2 Å². The lowest BCUT2D eigenvalue weighted by Crippen LogP contribution is -2.39. The molecule has 2 heterocycles. The molecule has 0 spiro atoms. The Bertz CT molecular complexity index is 1400. The summed E-state index contributed by atoms with van der Waals surface area (Å²) < 4.78 is 46.7. The van der Waals surface area contributed by atoms with Crippen LogP contribution in [0.2, 0.25) is 0 Å². The minimum atomic E-state index is -4.62. The summed E-state index contributed by atoms with van der Waals surface area (Å²) in [4.78, 5) is 33.6. The van der Waals surface area contributed by atoms with Gasteiger partial charge in [-0.15, -0.1) is 0 Å². The van der Waals surface area contributed by atoms with Gasteiger partial charge in [-0.05, 0) is 74.4 Å². The number of halogens is 3. The Morgan fingerprint density at radius 3 is 2.45 bits per heavy atom. The van der Waals surface area contributed by atoms with E-state index in [1.165, 1.54) is 0 Å². The molecule has 0 atom stereocenters. The molecule has 0 radical (unpaired) electrons. The van der Waals surface area contributed by atoms with Crippen molar-refractivity contribution < 1.29 is 27.5 Å². The molecule has 8 nitrogen and oxygen atoms in total. The maximum atomic E-state index is 13.8. The van der Waals surface area contributed by atoms with Crippen molar-refractivity contribution in [2.45, 2.75) is 64.8 Å². The van der Waals surface area contributed by atoms with E-state index in [9.17, 15) is 22.8 Å². The summed E-state index contributed by atoms with van der Waals surface area (Å²) in [7, 11) is 0. The first-order valence-corrected chi connectivity index (χ1v) is 12.9. The van der Waals surface area contributed by atoms with Crippen LogP contribution in [0, 0.1) is 0 Å². The molecule has 40 heavy (non-hydrogen) atoms. The van der Waals surface area contributed by atoms with E-state index in [0.717, 1.165) is 22.9 Å². The number of alkyl halides is 3. The first-order chi connectivity index (χ1) is 18.8. The minimum Gasteiger partial charge on any atom is -0.444 e. The summed E-state index contributed by atoms with van der Waals surface area (Å²) >= 11 is 0. The number of rotatable bonds is 7. The summed E-state index contributed by atoms with van der Waals surface area (Å²) in [5.74, 6) is -0.473. The lowest BCUT2D eigenvalue weighted by molar-refractivity contribution is -0.138. The van der Waals surface area contributed by atoms with Gasteiger partial charge in [-0.25, -0.2) is 14.8 Å². The molecule has 0 fully saturated rings. The third-order valence-electron chi connectivity index (χ3n) is 6.41. The Balaban J connectivity index is 1.51. The van der Waals surface area contributed by atoms with Gasteiger partial charge >= 0.3 is 12.3 Å². The highest BCUT2D eigenvalue weighted by molar-refractivity contribution is 5.77. The second kappa shape index (κ2) is 11.5. The summed E-state index contributed by atoms with van der Waals surface area (Å²) in [6.07, 6.45) is -3.35. The number of ether oxygens (including phenoxy) is 1. The normalized spacial score (nSPS) is 13.5. The first kappa shape index (κ1) is 28.8. The van der Waals surface area contributed by atoms with Crippen molar-refractivity contribution in [1.29, 1.82) is 0 Å². The number of anilines is 2. The van der Waals surface area contributed by atoms with Crippen LogP contribution in [0.15, 0.2) is 48.7 Å². The van der Waals surface area contributed by atoms with E-state index >= 15 is 0 Å². The second-order valence-electron chi connectivity index (χ2n) is 10.7. The molecule has 0 bridgehead atoms. The molecular weight excluding hydrogens is 523 g/mol. The van der Waals surface area contributed by atoms with Gasteiger partial charge in [0, 0.05) is 25.0 Å². The Hall–Kier alpha value is -4.15. The third-order valence-corrected chi connectivity index (χ3v) is 6.41. The SMILES string of the molecule is CC(C)(C)OC(=O)N1CCc2cc(Nc3ncc(C(F)(F)F)c(CCc4ccccc4CC(N)=O)n3)ccc2C1. The van der Waals surface area contributed by atoms with E-state index in [1.54, 1.807) is 35.2 Å². The summed E-state index contributed by atoms with van der Waals surface area (Å²) in [5, 5.41) is 3.02. The number of nitrogens with one attached hydrogen (secondary N) is 1. The van der Waals surface area contributed by atoms with Gasteiger partial charge in [0.15, 0.2) is 0 Å². The molecule has 11 heteroatoms. The quantitative estimate of drug-likeness (QED) is 0.407. The Kier molecular flexibility index (Phi) is 8.32. The van der Waals surface area contributed by atoms with Crippen LogP contribution in [0.25, 0.3) is 0 Å². The van der Waals surface area contributed by atoms with Gasteiger partial charge in [0.05, 0.1) is 17.7 Å². The summed E-state index contributed by atoms with van der Waals surface area (Å²) in [5.41, 5.74) is 7.70. The number of nitrogens with zero attached hydrogens (tertiary/aromatic N) is 3. The fourth-order valence-corrected chi connectivity index (χ4v) is 4.56. The average Bonchev–Trinajstić information content (AvgIpc) is 2.86. The van der Waals surface area contributed by atoms with E-state index in [2.05, 4.69) is 15.3 Å². The molecule has 3 N–H and O–H groups in total. The van der Waals surface area contributed by atoms with Crippen molar-refractivity contribution in [3.63, 3.8) is 0 Å². The number of hydrogen-bond acceptors (Lipinski definition) is 6. The molecule has 3 aromatic rings. The van der Waals surface area contributed by atoms with Crippen LogP contribution >= 0.6 is 0 Å². The molecule has 0 aliphatic carbocycles. The molecule has 0 saturated heterocycles. The molecule has 212 valence electrons. The van der Waals surface area contributed by atoms with Gasteiger partial charge in [-0.1, -0.05) is 30.3 Å². The predicted octanol–water partition coefficient (Wildman–Crippen LogP) is 5.35. The first-order valence-electron chi connectivity index (χ1n) is 12.9. The fraction of sp³-hybridized carbons (Fsp3) is 0.379. The van der Waals surface area contributed by atoms with Gasteiger partial charge in [0.2, 0.25) is 11.9 Å². The zero-order valence-corrected chi connectivity index (χ0v) is 22.6. The highest BCUT2D eigenvalue weighted by Gasteiger charge is 2.35. The number of nitrogens with two attached hydrogens (primary N) is 1. The van der Waals surface area contributed by atoms with Gasteiger partial charge in [0.1, 0.15) is 5.60 Å². The molecule has 4 rings (SSSR count). The Morgan fingerprint density at radius 1 is 1.05 bits per heavy atom. The molecule has 1 aliphatic rings. The van der Waals surface area contributed by atoms with Crippen molar-refractivity contribution in [3.05, 3.63) is 82.2 Å². The fourth-order valence-electron chi connectivity index (χ4n) is 4.56. The molecule has 2 aromatic carbocycles. The number of carbonyl (C=O) groups is 2. The average molecular weight is 556 g/mol. The summed E-state index contributed by atoms with van der Waals surface area (Å²) in [6.45, 7) is 6.35. The summed E-state index contributed by atoms with van der Waals surface area (Å²) in [6, 6.07) is 12.6. The van der Waals surface area contributed by atoms with Crippen molar-refractivity contribution in [3.8, 4) is 0 Å². The molecule has 2 amide bonds. The number of aromatic nitrogens is 2. The van der Waals surface area contributed by atoms with Crippen molar-refractivity contribution in [1.82, 2.24) is 14.9 Å². The van der Waals surface area contributed by atoms with E-state index in [-0.39, 0.29) is 37.0 Å². The highest BCUT2D eigenvalue weighted by Crippen LogP contribution is 2.33. The molecular formula is C29H32F3N5O3. The standard InChI is InChI=1S/C29H32F3N5O3/c1-28(2,3)40-27(39)37-13-12-20-14-22(10-8-21(20)17-37)35-26-34-16-23(29(30,31)32)24(36-26)11-9-18-6-4-5-7-19(18)15-25(33)38/h4-8,10,14,16H,9,11-13,15,17H2,1-3H3,(H2,33,38)(H,34,35,36). The van der Waals surface area contributed by atoms with Crippen LogP contribution in [-0.4, -0.2) is 39.0 Å². The number of aryl methyl sites for hydroxylation is 2. The van der Waals surface area contributed by atoms with Crippen LogP contribution in [0.1, 0.15) is 54.3 Å².